The molecular weight excluding hydrogens is 440 g/mol. The van der Waals surface area contributed by atoms with Gasteiger partial charge in [-0.2, -0.15) is 8.42 Å². The highest BCUT2D eigenvalue weighted by Crippen LogP contribution is 2.46. The van der Waals surface area contributed by atoms with Gasteiger partial charge in [-0.3, -0.25) is 9.11 Å². The summed E-state index contributed by atoms with van der Waals surface area (Å²) in [5.74, 6) is -2.45. The van der Waals surface area contributed by atoms with Gasteiger partial charge in [0, 0.05) is 0 Å². The van der Waals surface area contributed by atoms with Gasteiger partial charge in [-0.05, 0) is 68.7 Å². The maximum Gasteiger partial charge on any atom is 0.357 e. The lowest BCUT2D eigenvalue weighted by Gasteiger charge is -2.15. The minimum atomic E-state index is -2.78. The second kappa shape index (κ2) is 7.18. The molecule has 0 heterocycles. The van der Waals surface area contributed by atoms with Crippen molar-refractivity contribution in [1.29, 1.82) is 0 Å². The van der Waals surface area contributed by atoms with Crippen molar-refractivity contribution in [3.05, 3.63) is 36.4 Å². The van der Waals surface area contributed by atoms with Gasteiger partial charge in [-0.25, -0.2) is 0 Å². The topological polar surface area (TPSA) is 174 Å². The first-order valence-corrected chi connectivity index (χ1v) is 10.1. The van der Waals surface area contributed by atoms with Crippen molar-refractivity contribution >= 4 is 55.0 Å². The van der Waals surface area contributed by atoms with Crippen molar-refractivity contribution in [3.8, 4) is 34.5 Å². The number of phenolic OH excluding ortho intramolecular Hbond substituents is 4. The first-order valence-electron chi connectivity index (χ1n) is 8.05. The van der Waals surface area contributed by atoms with Gasteiger partial charge in [0.2, 0.25) is 0 Å². The average Bonchev–Trinajstić information content (AvgIpc) is 2.65. The van der Waals surface area contributed by atoms with Crippen molar-refractivity contribution in [2.75, 3.05) is 0 Å². The van der Waals surface area contributed by atoms with Crippen molar-refractivity contribution in [1.82, 2.24) is 0 Å². The van der Waals surface area contributed by atoms with Crippen molar-refractivity contribution in [2.24, 2.45) is 0 Å². The second-order valence-electron chi connectivity index (χ2n) is 6.22. The number of fused-ring (bicyclic) bond motifs is 6. The van der Waals surface area contributed by atoms with Crippen LogP contribution in [0.4, 0.5) is 0 Å². The van der Waals surface area contributed by atoms with Crippen LogP contribution < -0.4 is 8.37 Å². The highest BCUT2D eigenvalue weighted by Gasteiger charge is 2.19. The smallest absolute Gasteiger partial charge is 0.357 e. The Bertz CT molecular complexity index is 1290. The molecule has 0 aliphatic heterocycles. The Balaban J connectivity index is 2.25. The van der Waals surface area contributed by atoms with Crippen molar-refractivity contribution in [3.63, 3.8) is 0 Å². The Kier molecular flexibility index (Phi) is 4.78. The Hall–Kier alpha value is -3.32. The molecule has 6 N–H and O–H groups in total. The molecule has 30 heavy (non-hydrogen) atoms. The molecule has 0 amide bonds. The number of aromatic hydroxyl groups is 4. The molecule has 0 fully saturated rings. The molecule has 10 nitrogen and oxygen atoms in total. The summed E-state index contributed by atoms with van der Waals surface area (Å²) in [6.07, 6.45) is 0. The van der Waals surface area contributed by atoms with Crippen LogP contribution >= 0.6 is 0 Å². The first-order chi connectivity index (χ1) is 14.2. The molecular formula is C18H12O10S2. The van der Waals surface area contributed by atoms with Crippen LogP contribution in [0.25, 0.3) is 32.3 Å². The average molecular weight is 452 g/mol. The molecule has 156 valence electrons. The standard InChI is InChI=1S/C18H12O10S2/c19-13-1-7-8-2-14(20)16(22)4-10(8)12-6-18(28-30(25)26)17(27-29(23)24)5-11(12)9(7)3-15(13)21/h1-6,19-22H,(H,23,24)(H,25,26). The van der Waals surface area contributed by atoms with Crippen LogP contribution in [0.2, 0.25) is 0 Å². The van der Waals surface area contributed by atoms with Gasteiger partial charge in [0.05, 0.1) is 0 Å². The molecule has 0 aliphatic carbocycles. The van der Waals surface area contributed by atoms with E-state index >= 15 is 0 Å². The van der Waals surface area contributed by atoms with Gasteiger partial charge in [-0.15, -0.1) is 0 Å². The Morgan fingerprint density at radius 3 is 0.967 bits per heavy atom. The number of rotatable bonds is 4. The van der Waals surface area contributed by atoms with E-state index < -0.39 is 45.7 Å². The minimum absolute atomic E-state index is 0.328. The summed E-state index contributed by atoms with van der Waals surface area (Å²) >= 11 is -5.57. The molecule has 0 spiro atoms. The van der Waals surface area contributed by atoms with Crippen LogP contribution in [0.3, 0.4) is 0 Å². The maximum atomic E-state index is 11.2. The van der Waals surface area contributed by atoms with Crippen molar-refractivity contribution < 1.29 is 46.3 Å². The molecule has 0 bridgehead atoms. The molecule has 4 aromatic carbocycles. The molecule has 0 aliphatic rings. The Labute approximate surface area is 172 Å². The van der Waals surface area contributed by atoms with E-state index in [4.69, 9.17) is 17.5 Å². The summed E-state index contributed by atoms with van der Waals surface area (Å²) < 4.78 is 50.0. The van der Waals surface area contributed by atoms with E-state index in [0.717, 1.165) is 0 Å². The Morgan fingerprint density at radius 2 is 0.733 bits per heavy atom. The fourth-order valence-corrected chi connectivity index (χ4v) is 3.90. The van der Waals surface area contributed by atoms with Crippen LogP contribution in [-0.4, -0.2) is 37.9 Å². The third kappa shape index (κ3) is 3.31. The number of phenols is 4. The molecule has 0 aromatic heterocycles. The Morgan fingerprint density at radius 1 is 0.500 bits per heavy atom. The van der Waals surface area contributed by atoms with E-state index in [1.165, 1.54) is 36.4 Å². The molecule has 4 aromatic rings. The minimum Gasteiger partial charge on any atom is -0.504 e. The number of benzene rings is 4. The molecule has 4 rings (SSSR count). The summed E-state index contributed by atoms with van der Waals surface area (Å²) in [6.45, 7) is 0. The first kappa shape index (κ1) is 20.0. The van der Waals surface area contributed by atoms with Crippen LogP contribution in [0.1, 0.15) is 0 Å². The lowest BCUT2D eigenvalue weighted by Crippen LogP contribution is -2.03. The van der Waals surface area contributed by atoms with Gasteiger partial charge in [0.15, 0.2) is 34.5 Å². The second-order valence-corrected chi connectivity index (χ2v) is 7.42. The summed E-state index contributed by atoms with van der Waals surface area (Å²) in [5, 5.41) is 42.0. The van der Waals surface area contributed by atoms with Crippen LogP contribution in [0.15, 0.2) is 36.4 Å². The van der Waals surface area contributed by atoms with Crippen LogP contribution in [0.5, 0.6) is 34.5 Å². The predicted molar refractivity (Wildman–Crippen MR) is 108 cm³/mol. The SMILES string of the molecule is O=S(O)Oc1cc2c3cc(O)c(O)cc3c3cc(O)c(O)cc3c2cc1OS(=O)O. The molecule has 0 saturated carbocycles. The van der Waals surface area contributed by atoms with Gasteiger partial charge in [-0.1, -0.05) is 0 Å². The fourth-order valence-electron chi connectivity index (χ4n) is 3.33. The molecule has 2 unspecified atom stereocenters. The lowest BCUT2D eigenvalue weighted by atomic mass is 9.93. The van der Waals surface area contributed by atoms with E-state index in [1.807, 2.05) is 0 Å². The van der Waals surface area contributed by atoms with E-state index in [2.05, 4.69) is 0 Å². The molecule has 0 radical (unpaired) electrons. The van der Waals surface area contributed by atoms with Crippen LogP contribution in [-0.2, 0) is 22.7 Å². The monoisotopic (exact) mass is 452 g/mol. The van der Waals surface area contributed by atoms with Gasteiger partial charge in [0.1, 0.15) is 0 Å². The molecule has 12 heteroatoms. The third-order valence-corrected chi connectivity index (χ3v) is 5.15. The molecule has 2 atom stereocenters. The number of hydrogen-bond acceptors (Lipinski definition) is 8. The van der Waals surface area contributed by atoms with E-state index in [1.54, 1.807) is 0 Å². The highest BCUT2D eigenvalue weighted by atomic mass is 32.2. The van der Waals surface area contributed by atoms with Crippen molar-refractivity contribution in [2.45, 2.75) is 0 Å². The summed E-state index contributed by atoms with van der Waals surface area (Å²) in [7, 11) is 0. The zero-order valence-electron chi connectivity index (χ0n) is 14.6. The van der Waals surface area contributed by atoms with E-state index in [-0.39, 0.29) is 11.5 Å². The normalized spacial score (nSPS) is 13.5. The molecule has 0 saturated heterocycles. The van der Waals surface area contributed by atoms with Gasteiger partial charge in [0.25, 0.3) is 0 Å². The van der Waals surface area contributed by atoms with Crippen LogP contribution in [0, 0.1) is 0 Å². The summed E-state index contributed by atoms with van der Waals surface area (Å²) in [6, 6.07) is 7.46. The summed E-state index contributed by atoms with van der Waals surface area (Å²) in [5.41, 5.74) is 0. The lowest BCUT2D eigenvalue weighted by molar-refractivity contribution is 0.404. The van der Waals surface area contributed by atoms with Gasteiger partial charge < -0.3 is 28.8 Å². The van der Waals surface area contributed by atoms with E-state index in [0.29, 0.717) is 32.3 Å². The highest BCUT2D eigenvalue weighted by molar-refractivity contribution is 7.74. The maximum absolute atomic E-state index is 11.2. The third-order valence-electron chi connectivity index (χ3n) is 4.51. The van der Waals surface area contributed by atoms with Gasteiger partial charge >= 0.3 is 22.7 Å². The summed E-state index contributed by atoms with van der Waals surface area (Å²) in [4.78, 5) is 0. The number of hydrogen-bond donors (Lipinski definition) is 6. The predicted octanol–water partition coefficient (Wildman–Crippen LogP) is 3.00. The quantitative estimate of drug-likeness (QED) is 0.153. The zero-order chi connectivity index (χ0) is 21.7. The largest absolute Gasteiger partial charge is 0.504 e. The van der Waals surface area contributed by atoms with E-state index in [9.17, 15) is 28.8 Å². The zero-order valence-corrected chi connectivity index (χ0v) is 16.2. The fraction of sp³-hybridized carbons (Fsp3) is 0.